The number of aromatic nitrogens is 2. The van der Waals surface area contributed by atoms with Gasteiger partial charge >= 0.3 is 0 Å². The van der Waals surface area contributed by atoms with Crippen molar-refractivity contribution < 1.29 is 23.5 Å². The van der Waals surface area contributed by atoms with Crippen molar-refractivity contribution in [3.63, 3.8) is 0 Å². The van der Waals surface area contributed by atoms with Gasteiger partial charge in [-0.05, 0) is 42.4 Å². The normalized spacial score (nSPS) is 16.0. The number of hydrogen-bond acceptors (Lipinski definition) is 5. The molecule has 2 aromatic rings. The van der Waals surface area contributed by atoms with E-state index in [1.54, 1.807) is 31.5 Å². The number of hydrogen-bond donors (Lipinski definition) is 3. The maximum absolute atomic E-state index is 14.0. The molecule has 0 aliphatic carbocycles. The summed E-state index contributed by atoms with van der Waals surface area (Å²) >= 11 is 0. The van der Waals surface area contributed by atoms with Gasteiger partial charge in [0.1, 0.15) is 11.9 Å². The maximum Gasteiger partial charge on any atom is 0.273 e. The molecule has 0 saturated carbocycles. The number of nitrogens with two attached hydrogens (primary N) is 1. The van der Waals surface area contributed by atoms with E-state index in [1.807, 2.05) is 0 Å². The highest BCUT2D eigenvalue weighted by Crippen LogP contribution is 2.25. The van der Waals surface area contributed by atoms with Crippen LogP contribution in [0.4, 0.5) is 4.39 Å². The van der Waals surface area contributed by atoms with Gasteiger partial charge in [-0.25, -0.2) is 4.39 Å². The third kappa shape index (κ3) is 5.61. The Morgan fingerprint density at radius 3 is 2.59 bits per heavy atom. The predicted molar refractivity (Wildman–Crippen MR) is 116 cm³/mol. The summed E-state index contributed by atoms with van der Waals surface area (Å²) < 4.78 is 21.1. The Balaban J connectivity index is 1.89. The molecule has 2 heterocycles. The largest absolute Gasteiger partial charge is 0.381 e. The summed E-state index contributed by atoms with van der Waals surface area (Å²) in [6.45, 7) is 6.95. The van der Waals surface area contributed by atoms with Crippen LogP contribution in [0.1, 0.15) is 44.1 Å². The molecule has 1 saturated heterocycles. The molecule has 174 valence electrons. The molecule has 3 rings (SSSR count). The highest BCUT2D eigenvalue weighted by molar-refractivity contribution is 6.06. The highest BCUT2D eigenvalue weighted by Gasteiger charge is 2.34. The lowest BCUT2D eigenvalue weighted by Gasteiger charge is -2.30. The van der Waals surface area contributed by atoms with Crippen LogP contribution in [0, 0.1) is 17.2 Å². The zero-order valence-electron chi connectivity index (χ0n) is 18.6. The fourth-order valence-corrected chi connectivity index (χ4v) is 3.78. The first-order valence-corrected chi connectivity index (χ1v) is 10.7. The van der Waals surface area contributed by atoms with Crippen LogP contribution in [0.25, 0.3) is 10.9 Å². The second-order valence-electron chi connectivity index (χ2n) is 9.20. The summed E-state index contributed by atoms with van der Waals surface area (Å²) in [6.07, 6.45) is 1.77. The average molecular weight is 448 g/mol. The van der Waals surface area contributed by atoms with E-state index in [2.05, 4.69) is 15.7 Å². The predicted octanol–water partition coefficient (Wildman–Crippen LogP) is 1.35. The number of carbonyl (C=O) groups excluding carboxylic acids is 3. The molecule has 3 amide bonds. The van der Waals surface area contributed by atoms with Gasteiger partial charge in [0.2, 0.25) is 11.8 Å². The van der Waals surface area contributed by atoms with E-state index in [4.69, 9.17) is 10.5 Å². The Bertz CT molecular complexity index is 1010. The molecule has 0 radical (unpaired) electrons. The van der Waals surface area contributed by atoms with E-state index in [0.29, 0.717) is 36.6 Å². The third-order valence-corrected chi connectivity index (χ3v) is 5.54. The molecule has 1 atom stereocenters. The van der Waals surface area contributed by atoms with Crippen LogP contribution in [-0.4, -0.2) is 53.3 Å². The standard InChI is InChI=1S/C22H30FN5O4/c1-22(2,3)19(21(31)25-11-17(24)29)26-20(30)18-15-10-14(23)4-5-16(15)28(27-18)12-13-6-8-32-9-7-13/h4-5,10,13,19H,6-9,11-12H2,1-3H3,(H2,24,29)(H,25,31)(H,26,30)/t19-/m1/s1. The number of halogens is 1. The van der Waals surface area contributed by atoms with E-state index < -0.39 is 35.0 Å². The molecule has 9 nitrogen and oxygen atoms in total. The Hall–Kier alpha value is -3.01. The van der Waals surface area contributed by atoms with Crippen molar-refractivity contribution in [3.05, 3.63) is 29.7 Å². The summed E-state index contributed by atoms with van der Waals surface area (Å²) in [5.41, 5.74) is 5.13. The minimum absolute atomic E-state index is 0.0449. The van der Waals surface area contributed by atoms with E-state index in [0.717, 1.165) is 12.8 Å². The topological polar surface area (TPSA) is 128 Å². The fraction of sp³-hybridized carbons (Fsp3) is 0.545. The monoisotopic (exact) mass is 447 g/mol. The molecule has 1 aromatic heterocycles. The molecule has 10 heteroatoms. The highest BCUT2D eigenvalue weighted by atomic mass is 19.1. The van der Waals surface area contributed by atoms with Crippen LogP contribution in [0.5, 0.6) is 0 Å². The molecule has 1 aromatic carbocycles. The van der Waals surface area contributed by atoms with Gasteiger partial charge in [-0.3, -0.25) is 19.1 Å². The summed E-state index contributed by atoms with van der Waals surface area (Å²) in [6, 6.07) is 3.26. The summed E-state index contributed by atoms with van der Waals surface area (Å²) in [4.78, 5) is 36.8. The van der Waals surface area contributed by atoms with Crippen LogP contribution >= 0.6 is 0 Å². The lowest BCUT2D eigenvalue weighted by atomic mass is 9.86. The van der Waals surface area contributed by atoms with Gasteiger partial charge in [0.05, 0.1) is 12.1 Å². The molecule has 0 spiro atoms. The van der Waals surface area contributed by atoms with Crippen molar-refractivity contribution in [2.45, 2.75) is 46.2 Å². The second kappa shape index (κ2) is 9.64. The van der Waals surface area contributed by atoms with E-state index >= 15 is 0 Å². The van der Waals surface area contributed by atoms with Crippen LogP contribution in [0.2, 0.25) is 0 Å². The van der Waals surface area contributed by atoms with Gasteiger partial charge in [0.15, 0.2) is 5.69 Å². The molecule has 0 unspecified atom stereocenters. The van der Waals surface area contributed by atoms with Crippen LogP contribution in [-0.2, 0) is 20.9 Å². The smallest absolute Gasteiger partial charge is 0.273 e. The summed E-state index contributed by atoms with van der Waals surface area (Å²) in [5, 5.41) is 9.99. The summed E-state index contributed by atoms with van der Waals surface area (Å²) in [7, 11) is 0. The number of ether oxygens (including phenoxy) is 1. The third-order valence-electron chi connectivity index (χ3n) is 5.54. The Labute approximate surface area is 185 Å². The molecule has 32 heavy (non-hydrogen) atoms. The van der Waals surface area contributed by atoms with Crippen molar-refractivity contribution in [1.29, 1.82) is 0 Å². The Kier molecular flexibility index (Phi) is 7.12. The van der Waals surface area contributed by atoms with E-state index in [9.17, 15) is 18.8 Å². The lowest BCUT2D eigenvalue weighted by molar-refractivity contribution is -0.128. The van der Waals surface area contributed by atoms with Crippen molar-refractivity contribution in [2.24, 2.45) is 17.1 Å². The first-order valence-electron chi connectivity index (χ1n) is 10.7. The molecular weight excluding hydrogens is 417 g/mol. The Morgan fingerprint density at radius 1 is 1.28 bits per heavy atom. The van der Waals surface area contributed by atoms with Gasteiger partial charge in [-0.2, -0.15) is 5.10 Å². The number of fused-ring (bicyclic) bond motifs is 1. The SMILES string of the molecule is CC(C)(C)[C@H](NC(=O)c1nn(CC2CCOCC2)c2ccc(F)cc12)C(=O)NCC(N)=O. The number of amides is 3. The molecule has 1 fully saturated rings. The number of nitrogens with one attached hydrogen (secondary N) is 2. The van der Waals surface area contributed by atoms with Gasteiger partial charge in [0.25, 0.3) is 5.91 Å². The van der Waals surface area contributed by atoms with Gasteiger partial charge < -0.3 is 21.1 Å². The van der Waals surface area contributed by atoms with Crippen molar-refractivity contribution >= 4 is 28.6 Å². The molecule has 0 bridgehead atoms. The van der Waals surface area contributed by atoms with Gasteiger partial charge in [-0.1, -0.05) is 20.8 Å². The molecule has 1 aliphatic heterocycles. The van der Waals surface area contributed by atoms with E-state index in [1.165, 1.54) is 12.1 Å². The first kappa shape index (κ1) is 23.6. The fourth-order valence-electron chi connectivity index (χ4n) is 3.78. The van der Waals surface area contributed by atoms with Crippen LogP contribution in [0.15, 0.2) is 18.2 Å². The minimum atomic E-state index is -0.960. The van der Waals surface area contributed by atoms with Crippen molar-refractivity contribution in [2.75, 3.05) is 19.8 Å². The first-order chi connectivity index (χ1) is 15.1. The quantitative estimate of drug-likeness (QED) is 0.590. The lowest BCUT2D eigenvalue weighted by Crippen LogP contribution is -2.54. The van der Waals surface area contributed by atoms with Crippen molar-refractivity contribution in [1.82, 2.24) is 20.4 Å². The maximum atomic E-state index is 14.0. The zero-order chi connectivity index (χ0) is 23.5. The van der Waals surface area contributed by atoms with Gasteiger partial charge in [0, 0.05) is 25.1 Å². The molecule has 1 aliphatic rings. The number of rotatable bonds is 7. The number of primary amides is 1. The Morgan fingerprint density at radius 2 is 1.97 bits per heavy atom. The number of carbonyl (C=O) groups is 3. The zero-order valence-corrected chi connectivity index (χ0v) is 18.6. The van der Waals surface area contributed by atoms with Crippen LogP contribution < -0.4 is 16.4 Å². The van der Waals surface area contributed by atoms with Gasteiger partial charge in [-0.15, -0.1) is 0 Å². The van der Waals surface area contributed by atoms with Crippen LogP contribution in [0.3, 0.4) is 0 Å². The van der Waals surface area contributed by atoms with Crippen molar-refractivity contribution in [3.8, 4) is 0 Å². The molecule has 4 N–H and O–H groups in total. The number of benzene rings is 1. The summed E-state index contributed by atoms with van der Waals surface area (Å²) in [5.74, 6) is -1.97. The number of nitrogens with zero attached hydrogens (tertiary/aromatic N) is 2. The molecular formula is C22H30FN5O4. The minimum Gasteiger partial charge on any atom is -0.381 e. The average Bonchev–Trinajstić information content (AvgIpc) is 3.07. The second-order valence-corrected chi connectivity index (χ2v) is 9.20. The van der Waals surface area contributed by atoms with E-state index in [-0.39, 0.29) is 12.2 Å².